The first kappa shape index (κ1) is 44.6. The molecule has 0 aliphatic rings. The molecule has 4 N–H and O–H groups in total. The van der Waals surface area contributed by atoms with Crippen LogP contribution in [-0.2, 0) is 58.3 Å². The average Bonchev–Trinajstić information content (AvgIpc) is 3.23. The second kappa shape index (κ2) is 19.5. The van der Waals surface area contributed by atoms with Crippen molar-refractivity contribution in [1.82, 2.24) is 0 Å². The quantitative estimate of drug-likeness (QED) is 0.0793. The largest absolute Gasteiger partial charge is 0.478 e. The number of hydrogen-bond donors (Lipinski definition) is 4. The summed E-state index contributed by atoms with van der Waals surface area (Å²) < 4.78 is 94.1. The summed E-state index contributed by atoms with van der Waals surface area (Å²) in [5.41, 5.74) is 4.89. The van der Waals surface area contributed by atoms with Gasteiger partial charge in [0.2, 0.25) is 0 Å². The number of nitrogens with one attached hydrogen (secondary N) is 2. The molecule has 6 rings (SSSR count). The normalized spacial score (nSPS) is 11.5. The second-order valence-electron chi connectivity index (χ2n) is 13.5. The van der Waals surface area contributed by atoms with E-state index < -0.39 is 43.7 Å². The number of carboxylic acids is 2. The van der Waals surface area contributed by atoms with E-state index in [0.717, 1.165) is 52.9 Å². The topological polar surface area (TPSA) is 167 Å². The van der Waals surface area contributed by atoms with Gasteiger partial charge < -0.3 is 10.2 Å². The van der Waals surface area contributed by atoms with Gasteiger partial charge in [0, 0.05) is 0 Å². The summed E-state index contributed by atoms with van der Waals surface area (Å²) in [6, 6.07) is 37.3. The van der Waals surface area contributed by atoms with E-state index >= 15 is 0 Å². The number of rotatable bonds is 15. The van der Waals surface area contributed by atoms with Crippen LogP contribution in [0.25, 0.3) is 0 Å². The molecular weight excluding hydrogens is 818 g/mol. The van der Waals surface area contributed by atoms with Crippen LogP contribution in [0.3, 0.4) is 0 Å². The highest BCUT2D eigenvalue weighted by Crippen LogP contribution is 2.30. The van der Waals surface area contributed by atoms with Crippen LogP contribution in [0.5, 0.6) is 0 Å². The van der Waals surface area contributed by atoms with Gasteiger partial charge in [-0.15, -0.1) is 0 Å². The fraction of sp³-hybridized carbons (Fsp3) is 0.156. The highest BCUT2D eigenvalue weighted by molar-refractivity contribution is 7.93. The van der Waals surface area contributed by atoms with E-state index in [9.17, 15) is 39.6 Å². The van der Waals surface area contributed by atoms with Gasteiger partial charge in [0.1, 0.15) is 0 Å². The third-order valence-electron chi connectivity index (χ3n) is 9.43. The molecule has 0 spiro atoms. The minimum absolute atomic E-state index is 0.174. The number of benzene rings is 6. The molecule has 60 heavy (non-hydrogen) atoms. The number of aromatic carboxylic acids is 2. The Kier molecular flexibility index (Phi) is 14.5. The summed E-state index contributed by atoms with van der Waals surface area (Å²) in [5, 5.41) is 17.9. The summed E-state index contributed by atoms with van der Waals surface area (Å²) in [5.74, 6) is -1.97. The van der Waals surface area contributed by atoms with Gasteiger partial charge >= 0.3 is 18.1 Å². The van der Waals surface area contributed by atoms with Gasteiger partial charge in [-0.1, -0.05) is 79.7 Å². The van der Waals surface area contributed by atoms with E-state index in [-0.39, 0.29) is 20.9 Å². The molecule has 0 saturated carbocycles. The fourth-order valence-electron chi connectivity index (χ4n) is 6.00. The molecule has 0 aromatic heterocycles. The van der Waals surface area contributed by atoms with E-state index in [2.05, 4.69) is 9.44 Å². The second-order valence-corrected chi connectivity index (χ2v) is 16.9. The monoisotopic (exact) mass is 858 g/mol. The number of para-hydroxylation sites is 2. The highest BCUT2D eigenvalue weighted by Gasteiger charge is 2.30. The first-order valence-electron chi connectivity index (χ1n) is 18.6. The van der Waals surface area contributed by atoms with Crippen LogP contribution in [-0.4, -0.2) is 39.0 Å². The highest BCUT2D eigenvalue weighted by atomic mass is 32.2. The van der Waals surface area contributed by atoms with Crippen molar-refractivity contribution >= 4 is 43.4 Å². The molecule has 0 aliphatic heterocycles. The molecule has 6 aromatic rings. The summed E-state index contributed by atoms with van der Waals surface area (Å²) in [6.45, 7) is 2.02. The van der Waals surface area contributed by atoms with Crippen molar-refractivity contribution in [2.75, 3.05) is 9.44 Å². The molecule has 0 amide bonds. The van der Waals surface area contributed by atoms with Crippen LogP contribution in [0.1, 0.15) is 61.0 Å². The lowest BCUT2D eigenvalue weighted by Crippen LogP contribution is -2.15. The summed E-state index contributed by atoms with van der Waals surface area (Å²) >= 11 is 0. The predicted octanol–water partition coefficient (Wildman–Crippen LogP) is 9.52. The Balaban J connectivity index is 0.000000228. The Labute approximate surface area is 346 Å². The number of anilines is 2. The molecule has 0 fully saturated rings. The smallest absolute Gasteiger partial charge is 0.416 e. The van der Waals surface area contributed by atoms with E-state index in [1.54, 1.807) is 84.9 Å². The van der Waals surface area contributed by atoms with Gasteiger partial charge in [-0.2, -0.15) is 13.2 Å². The molecule has 0 atom stereocenters. The first-order valence-corrected chi connectivity index (χ1v) is 21.5. The van der Waals surface area contributed by atoms with Gasteiger partial charge in [0.05, 0.1) is 37.9 Å². The lowest BCUT2D eigenvalue weighted by atomic mass is 10.0. The van der Waals surface area contributed by atoms with Crippen molar-refractivity contribution in [3.05, 3.63) is 190 Å². The maximum absolute atomic E-state index is 12.8. The number of sulfonamides is 2. The van der Waals surface area contributed by atoms with E-state index in [1.165, 1.54) is 12.1 Å². The zero-order chi connectivity index (χ0) is 43.5. The zero-order valence-corrected chi connectivity index (χ0v) is 33.8. The Morgan fingerprint density at radius 2 is 0.850 bits per heavy atom. The molecule has 0 bridgehead atoms. The maximum Gasteiger partial charge on any atom is 0.416 e. The van der Waals surface area contributed by atoms with Gasteiger partial charge in [0.15, 0.2) is 0 Å². The standard InChI is InChI=1S/C23H23NO4S.C22H18F3NO4S/c1-2-17-10-15-21(16-11-17)29(27,28)24-22-6-4-3-5-19(22)12-7-18-8-13-20(14-9-18)23(25)26;23-22(24,25)18-11-13-19(14-12-18)31(29,30)26-20-4-2-1-3-16(20)8-5-15-6-9-17(10-7-15)21(27)28/h3-6,8-11,13-16,24H,2,7,12H2,1H3,(H,25,26);1-4,6-7,9-14,26H,5,8H2,(H,27,28). The van der Waals surface area contributed by atoms with Crippen molar-refractivity contribution in [1.29, 1.82) is 0 Å². The van der Waals surface area contributed by atoms with Crippen molar-refractivity contribution in [2.45, 2.75) is 55.0 Å². The Hall–Kier alpha value is -6.45. The third-order valence-corrected chi connectivity index (χ3v) is 12.2. The molecule has 6 aromatic carbocycles. The third kappa shape index (κ3) is 12.3. The van der Waals surface area contributed by atoms with Crippen LogP contribution in [0, 0.1) is 0 Å². The molecule has 0 heterocycles. The van der Waals surface area contributed by atoms with Gasteiger partial charge in [-0.3, -0.25) is 9.44 Å². The molecule has 0 unspecified atom stereocenters. The van der Waals surface area contributed by atoms with Crippen LogP contribution in [0.15, 0.2) is 155 Å². The Morgan fingerprint density at radius 1 is 0.500 bits per heavy atom. The van der Waals surface area contributed by atoms with E-state index in [4.69, 9.17) is 10.2 Å². The predicted molar refractivity (Wildman–Crippen MR) is 223 cm³/mol. The van der Waals surface area contributed by atoms with Crippen molar-refractivity contribution in [3.8, 4) is 0 Å². The van der Waals surface area contributed by atoms with Crippen molar-refractivity contribution in [3.63, 3.8) is 0 Å². The number of aryl methyl sites for hydroxylation is 5. The van der Waals surface area contributed by atoms with Gasteiger partial charge in [-0.05, 0) is 133 Å². The van der Waals surface area contributed by atoms with Crippen molar-refractivity contribution < 1.29 is 49.8 Å². The first-order chi connectivity index (χ1) is 28.4. The molecule has 15 heteroatoms. The summed E-state index contributed by atoms with van der Waals surface area (Å²) in [4.78, 5) is 21.8. The average molecular weight is 859 g/mol. The zero-order valence-electron chi connectivity index (χ0n) is 32.2. The number of hydrogen-bond acceptors (Lipinski definition) is 6. The van der Waals surface area contributed by atoms with Crippen LogP contribution < -0.4 is 9.44 Å². The number of alkyl halides is 3. The van der Waals surface area contributed by atoms with E-state index in [0.29, 0.717) is 42.6 Å². The minimum atomic E-state index is -4.55. The molecule has 0 saturated heterocycles. The lowest BCUT2D eigenvalue weighted by molar-refractivity contribution is -0.137. The number of halogens is 3. The fourth-order valence-corrected chi connectivity index (χ4v) is 8.20. The number of carboxylic acid groups (broad SMARTS) is 2. The van der Waals surface area contributed by atoms with Crippen molar-refractivity contribution in [2.24, 2.45) is 0 Å². The summed E-state index contributed by atoms with van der Waals surface area (Å²) in [7, 11) is -7.75. The molecule has 10 nitrogen and oxygen atoms in total. The Morgan fingerprint density at radius 3 is 1.20 bits per heavy atom. The lowest BCUT2D eigenvalue weighted by Gasteiger charge is -2.13. The number of carbonyl (C=O) groups is 2. The van der Waals surface area contributed by atoms with E-state index in [1.807, 2.05) is 31.2 Å². The van der Waals surface area contributed by atoms with Gasteiger partial charge in [-0.25, -0.2) is 26.4 Å². The molecule has 0 aliphatic carbocycles. The van der Waals surface area contributed by atoms with Crippen LogP contribution in [0.4, 0.5) is 24.5 Å². The minimum Gasteiger partial charge on any atom is -0.478 e. The van der Waals surface area contributed by atoms with Crippen LogP contribution >= 0.6 is 0 Å². The van der Waals surface area contributed by atoms with Crippen LogP contribution in [0.2, 0.25) is 0 Å². The molecule has 0 radical (unpaired) electrons. The molecular formula is C45H41F3N2O8S2. The Bertz CT molecular complexity index is 2630. The molecule has 312 valence electrons. The van der Waals surface area contributed by atoms with Gasteiger partial charge in [0.25, 0.3) is 20.0 Å². The maximum atomic E-state index is 12.8. The SMILES string of the molecule is CCc1ccc(S(=O)(=O)Nc2ccccc2CCc2ccc(C(=O)O)cc2)cc1.O=C(O)c1ccc(CCc2ccccc2NS(=O)(=O)c2ccc(C(F)(F)F)cc2)cc1. The summed E-state index contributed by atoms with van der Waals surface area (Å²) in [6.07, 6.45) is -1.39.